The van der Waals surface area contributed by atoms with Crippen LogP contribution >= 0.6 is 11.3 Å². The molecule has 2 rings (SSSR count). The van der Waals surface area contributed by atoms with Gasteiger partial charge in [0.15, 0.2) is 11.7 Å². The molecule has 1 fully saturated rings. The van der Waals surface area contributed by atoms with E-state index in [1.807, 2.05) is 0 Å². The lowest BCUT2D eigenvalue weighted by Gasteiger charge is -2.31. The number of thiazole rings is 1. The number of carbonyl (C=O) groups excluding carboxylic acids is 1. The lowest BCUT2D eigenvalue weighted by atomic mass is 10.1. The number of guanidine groups is 1. The Morgan fingerprint density at radius 1 is 1.50 bits per heavy atom. The molecule has 0 aliphatic carbocycles. The Kier molecular flexibility index (Phi) is 7.06. The summed E-state index contributed by atoms with van der Waals surface area (Å²) >= 11 is 0.960. The number of hydrogen-bond acceptors (Lipinski definition) is 5. The van der Waals surface area contributed by atoms with Crippen molar-refractivity contribution < 1.29 is 22.7 Å². The molecule has 1 amide bonds. The van der Waals surface area contributed by atoms with E-state index in [4.69, 9.17) is 10.5 Å². The van der Waals surface area contributed by atoms with E-state index >= 15 is 0 Å². The van der Waals surface area contributed by atoms with Gasteiger partial charge in [-0.25, -0.2) is 9.78 Å². The highest BCUT2D eigenvalue weighted by Gasteiger charge is 2.33. The van der Waals surface area contributed by atoms with Crippen LogP contribution in [0.4, 0.5) is 18.0 Å². The van der Waals surface area contributed by atoms with Crippen LogP contribution in [-0.4, -0.2) is 54.2 Å². The van der Waals surface area contributed by atoms with E-state index in [1.165, 1.54) is 0 Å². The minimum Gasteiger partial charge on any atom is -0.450 e. The number of alkyl halides is 3. The standard InChI is InChI=1S/C15H22F3N5O2S/c1-2-25-14(24)23-7-4-10(5-8-23)21-13(19)20-6-3-12-22-11(9-26-12)15(16,17)18/h9-10H,2-8H2,1H3,(H3,19,20,21). The molecule has 7 nitrogen and oxygen atoms in total. The largest absolute Gasteiger partial charge is 0.450 e. The van der Waals surface area contributed by atoms with Crippen molar-refractivity contribution in [2.45, 2.75) is 38.4 Å². The maximum absolute atomic E-state index is 12.5. The summed E-state index contributed by atoms with van der Waals surface area (Å²) < 4.78 is 42.4. The number of likely N-dealkylation sites (tertiary alicyclic amines) is 1. The van der Waals surface area contributed by atoms with Crippen molar-refractivity contribution in [2.75, 3.05) is 26.2 Å². The van der Waals surface area contributed by atoms with E-state index in [9.17, 15) is 18.0 Å². The monoisotopic (exact) mass is 393 g/mol. The van der Waals surface area contributed by atoms with Gasteiger partial charge in [-0.15, -0.1) is 11.3 Å². The number of amides is 1. The van der Waals surface area contributed by atoms with Crippen molar-refractivity contribution >= 4 is 23.4 Å². The Balaban J connectivity index is 1.72. The fourth-order valence-electron chi connectivity index (χ4n) is 2.50. The summed E-state index contributed by atoms with van der Waals surface area (Å²) in [5, 5.41) is 4.45. The zero-order valence-corrected chi connectivity index (χ0v) is 15.2. The molecule has 26 heavy (non-hydrogen) atoms. The van der Waals surface area contributed by atoms with E-state index < -0.39 is 11.9 Å². The molecule has 1 aromatic rings. The zero-order valence-electron chi connectivity index (χ0n) is 14.4. The first-order valence-corrected chi connectivity index (χ1v) is 9.17. The van der Waals surface area contributed by atoms with Gasteiger partial charge in [0.05, 0.1) is 11.6 Å². The molecule has 0 radical (unpaired) electrons. The van der Waals surface area contributed by atoms with Crippen molar-refractivity contribution in [1.29, 1.82) is 0 Å². The minimum atomic E-state index is -4.42. The molecule has 1 saturated heterocycles. The third-order valence-corrected chi connectivity index (χ3v) is 4.73. The quantitative estimate of drug-likeness (QED) is 0.591. The number of ether oxygens (including phenoxy) is 1. The highest BCUT2D eigenvalue weighted by Crippen LogP contribution is 2.30. The van der Waals surface area contributed by atoms with Crippen molar-refractivity contribution in [3.05, 3.63) is 16.1 Å². The molecule has 0 spiro atoms. The molecular weight excluding hydrogens is 371 g/mol. The van der Waals surface area contributed by atoms with Gasteiger partial charge in [0.2, 0.25) is 0 Å². The Morgan fingerprint density at radius 3 is 2.77 bits per heavy atom. The number of nitrogens with zero attached hydrogens (tertiary/aromatic N) is 3. The summed E-state index contributed by atoms with van der Waals surface area (Å²) in [5.41, 5.74) is 4.95. The van der Waals surface area contributed by atoms with Crippen LogP contribution in [-0.2, 0) is 17.3 Å². The molecule has 0 unspecified atom stereocenters. The van der Waals surface area contributed by atoms with Crippen LogP contribution in [0.5, 0.6) is 0 Å². The number of piperidine rings is 1. The normalized spacial score (nSPS) is 16.6. The molecule has 11 heteroatoms. The molecule has 0 aromatic carbocycles. The third-order valence-electron chi connectivity index (χ3n) is 3.82. The van der Waals surface area contributed by atoms with Gasteiger partial charge in [0.1, 0.15) is 0 Å². The second-order valence-corrected chi connectivity index (χ2v) is 6.69. The number of aliphatic imine (C=N–C) groups is 1. The van der Waals surface area contributed by atoms with E-state index in [0.717, 1.165) is 29.6 Å². The lowest BCUT2D eigenvalue weighted by molar-refractivity contribution is -0.140. The van der Waals surface area contributed by atoms with Gasteiger partial charge >= 0.3 is 12.3 Å². The van der Waals surface area contributed by atoms with Crippen molar-refractivity contribution in [3.8, 4) is 0 Å². The molecule has 3 N–H and O–H groups in total. The molecule has 1 aliphatic heterocycles. The average molecular weight is 393 g/mol. The molecule has 1 aromatic heterocycles. The number of hydrogen-bond donors (Lipinski definition) is 2. The molecule has 1 aliphatic rings. The van der Waals surface area contributed by atoms with Crippen LogP contribution in [0.15, 0.2) is 10.4 Å². The highest BCUT2D eigenvalue weighted by molar-refractivity contribution is 7.09. The predicted molar refractivity (Wildman–Crippen MR) is 92.1 cm³/mol. The molecule has 2 heterocycles. The maximum atomic E-state index is 12.5. The summed E-state index contributed by atoms with van der Waals surface area (Å²) in [5.74, 6) is 0.243. The summed E-state index contributed by atoms with van der Waals surface area (Å²) in [6.45, 7) is 3.51. The second-order valence-electron chi connectivity index (χ2n) is 5.75. The number of aromatic nitrogens is 1. The number of nitrogens with two attached hydrogens (primary N) is 1. The van der Waals surface area contributed by atoms with Crippen LogP contribution < -0.4 is 11.1 Å². The van der Waals surface area contributed by atoms with Gasteiger partial charge in [-0.05, 0) is 19.8 Å². The average Bonchev–Trinajstić information content (AvgIpc) is 3.05. The van der Waals surface area contributed by atoms with E-state index in [-0.39, 0.29) is 24.6 Å². The first-order valence-electron chi connectivity index (χ1n) is 8.29. The molecule has 0 saturated carbocycles. The van der Waals surface area contributed by atoms with Gasteiger partial charge in [-0.1, -0.05) is 0 Å². The van der Waals surface area contributed by atoms with E-state index in [0.29, 0.717) is 31.1 Å². The third kappa shape index (κ3) is 6.04. The van der Waals surface area contributed by atoms with Gasteiger partial charge in [-0.2, -0.15) is 13.2 Å². The summed E-state index contributed by atoms with van der Waals surface area (Å²) in [7, 11) is 0. The van der Waals surface area contributed by atoms with Crippen LogP contribution in [0.25, 0.3) is 0 Å². The smallest absolute Gasteiger partial charge is 0.434 e. The Bertz CT molecular complexity index is 627. The minimum absolute atomic E-state index is 0.0983. The van der Waals surface area contributed by atoms with Gasteiger partial charge in [-0.3, -0.25) is 4.99 Å². The van der Waals surface area contributed by atoms with Gasteiger partial charge in [0, 0.05) is 37.5 Å². The number of carbonyl (C=O) groups is 1. The zero-order chi connectivity index (χ0) is 19.2. The first kappa shape index (κ1) is 20.3. The van der Waals surface area contributed by atoms with Crippen molar-refractivity contribution in [3.63, 3.8) is 0 Å². The summed E-state index contributed by atoms with van der Waals surface area (Å²) in [6.07, 6.45) is -3.00. The fourth-order valence-corrected chi connectivity index (χ4v) is 3.30. The van der Waals surface area contributed by atoms with Crippen molar-refractivity contribution in [2.24, 2.45) is 10.7 Å². The summed E-state index contributed by atoms with van der Waals surface area (Å²) in [6, 6.07) is 0.0983. The number of halogens is 3. The Labute approximate surface area is 153 Å². The van der Waals surface area contributed by atoms with E-state index in [2.05, 4.69) is 15.3 Å². The summed E-state index contributed by atoms with van der Waals surface area (Å²) in [4.78, 5) is 21.0. The Hall–Kier alpha value is -2.04. The topological polar surface area (TPSA) is 92.8 Å². The molecule has 0 atom stereocenters. The van der Waals surface area contributed by atoms with Gasteiger partial charge in [0.25, 0.3) is 0 Å². The van der Waals surface area contributed by atoms with Crippen LogP contribution in [0, 0.1) is 0 Å². The SMILES string of the molecule is CCOC(=O)N1CCC(NC(N)=NCCc2nc(C(F)(F)F)cs2)CC1. The Morgan fingerprint density at radius 2 is 2.19 bits per heavy atom. The first-order chi connectivity index (χ1) is 12.3. The van der Waals surface area contributed by atoms with Crippen LogP contribution in [0.1, 0.15) is 30.5 Å². The predicted octanol–water partition coefficient (Wildman–Crippen LogP) is 2.23. The van der Waals surface area contributed by atoms with Gasteiger partial charge < -0.3 is 20.7 Å². The van der Waals surface area contributed by atoms with Crippen LogP contribution in [0.3, 0.4) is 0 Å². The highest BCUT2D eigenvalue weighted by atomic mass is 32.1. The lowest BCUT2D eigenvalue weighted by Crippen LogP contribution is -2.48. The molecule has 0 bridgehead atoms. The van der Waals surface area contributed by atoms with E-state index in [1.54, 1.807) is 11.8 Å². The number of rotatable bonds is 5. The second kappa shape index (κ2) is 9.06. The molecule has 146 valence electrons. The van der Waals surface area contributed by atoms with Crippen LogP contribution in [0.2, 0.25) is 0 Å². The molecular formula is C15H22F3N5O2S. The maximum Gasteiger partial charge on any atom is 0.434 e. The van der Waals surface area contributed by atoms with Crippen molar-refractivity contribution in [1.82, 2.24) is 15.2 Å². The fraction of sp³-hybridized carbons (Fsp3) is 0.667. The number of nitrogens with one attached hydrogen (secondary N) is 1.